The second-order valence-electron chi connectivity index (χ2n) is 5.21. The smallest absolute Gasteiger partial charge is 0.315 e. The van der Waals surface area contributed by atoms with Crippen molar-refractivity contribution in [1.82, 2.24) is 10.6 Å². The lowest BCUT2D eigenvalue weighted by molar-refractivity contribution is 0.210. The number of aliphatic hydroxyl groups is 1. The Morgan fingerprint density at radius 2 is 2.00 bits per heavy atom. The van der Waals surface area contributed by atoms with Crippen molar-refractivity contribution in [3.05, 3.63) is 0 Å². The van der Waals surface area contributed by atoms with Gasteiger partial charge in [0.1, 0.15) is 0 Å². The van der Waals surface area contributed by atoms with Gasteiger partial charge in [0, 0.05) is 6.04 Å². The van der Waals surface area contributed by atoms with E-state index in [1.165, 1.54) is 25.7 Å². The van der Waals surface area contributed by atoms with Gasteiger partial charge in [-0.25, -0.2) is 4.79 Å². The van der Waals surface area contributed by atoms with Gasteiger partial charge in [-0.3, -0.25) is 0 Å². The lowest BCUT2D eigenvalue weighted by Gasteiger charge is -2.29. The molecule has 1 aliphatic carbocycles. The molecule has 0 spiro atoms. The average Bonchev–Trinajstić information content (AvgIpc) is 2.31. The molecule has 0 heterocycles. The summed E-state index contributed by atoms with van der Waals surface area (Å²) in [5, 5.41) is 14.5. The number of hydrogen-bond acceptors (Lipinski definition) is 2. The van der Waals surface area contributed by atoms with E-state index in [1.54, 1.807) is 6.92 Å². The van der Waals surface area contributed by atoms with E-state index in [2.05, 4.69) is 17.6 Å². The molecule has 2 amide bonds. The predicted molar refractivity (Wildman–Crippen MR) is 68.9 cm³/mol. The number of carbonyl (C=O) groups is 1. The van der Waals surface area contributed by atoms with Gasteiger partial charge < -0.3 is 15.7 Å². The van der Waals surface area contributed by atoms with Crippen LogP contribution in [0.15, 0.2) is 0 Å². The Morgan fingerprint density at radius 1 is 1.35 bits per heavy atom. The molecule has 100 valence electrons. The van der Waals surface area contributed by atoms with Crippen LogP contribution in [0.5, 0.6) is 0 Å². The monoisotopic (exact) mass is 242 g/mol. The molecule has 0 radical (unpaired) electrons. The highest BCUT2D eigenvalue weighted by Crippen LogP contribution is 2.27. The normalized spacial score (nSPS) is 26.3. The molecule has 0 aromatic rings. The Hall–Kier alpha value is -0.770. The van der Waals surface area contributed by atoms with Gasteiger partial charge in [0.2, 0.25) is 0 Å². The highest BCUT2D eigenvalue weighted by atomic mass is 16.3. The van der Waals surface area contributed by atoms with Crippen molar-refractivity contribution in [3.8, 4) is 0 Å². The molecular weight excluding hydrogens is 216 g/mol. The summed E-state index contributed by atoms with van der Waals surface area (Å²) >= 11 is 0. The van der Waals surface area contributed by atoms with Gasteiger partial charge in [-0.15, -0.1) is 0 Å². The Kier molecular flexibility index (Phi) is 6.34. The molecule has 1 unspecified atom stereocenters. The molecule has 0 saturated heterocycles. The molecule has 3 N–H and O–H groups in total. The summed E-state index contributed by atoms with van der Waals surface area (Å²) in [5.41, 5.74) is 0. The number of amides is 2. The molecule has 0 aromatic carbocycles. The molecule has 1 saturated carbocycles. The minimum Gasteiger partial charge on any atom is -0.394 e. The highest BCUT2D eigenvalue weighted by molar-refractivity contribution is 5.74. The van der Waals surface area contributed by atoms with Gasteiger partial charge in [0.15, 0.2) is 0 Å². The van der Waals surface area contributed by atoms with Gasteiger partial charge in [-0.1, -0.05) is 19.8 Å². The van der Waals surface area contributed by atoms with E-state index in [-0.39, 0.29) is 18.7 Å². The van der Waals surface area contributed by atoms with Crippen LogP contribution in [0, 0.1) is 5.92 Å². The topological polar surface area (TPSA) is 61.4 Å². The van der Waals surface area contributed by atoms with Crippen LogP contribution in [0.25, 0.3) is 0 Å². The molecule has 1 rings (SSSR count). The van der Waals surface area contributed by atoms with Crippen LogP contribution in [0.4, 0.5) is 4.79 Å². The van der Waals surface area contributed by atoms with Gasteiger partial charge in [-0.2, -0.15) is 0 Å². The zero-order valence-corrected chi connectivity index (χ0v) is 11.0. The van der Waals surface area contributed by atoms with Crippen molar-refractivity contribution in [3.63, 3.8) is 0 Å². The van der Waals surface area contributed by atoms with Gasteiger partial charge in [0.05, 0.1) is 12.6 Å². The van der Waals surface area contributed by atoms with Crippen LogP contribution >= 0.6 is 0 Å². The van der Waals surface area contributed by atoms with Crippen molar-refractivity contribution in [1.29, 1.82) is 0 Å². The summed E-state index contributed by atoms with van der Waals surface area (Å²) < 4.78 is 0. The molecule has 4 nitrogen and oxygen atoms in total. The molecule has 4 heteroatoms. The van der Waals surface area contributed by atoms with Crippen molar-refractivity contribution in [2.75, 3.05) is 6.61 Å². The second kappa shape index (κ2) is 7.54. The summed E-state index contributed by atoms with van der Waals surface area (Å²) in [6.45, 7) is 4.00. The molecule has 0 aromatic heterocycles. The maximum Gasteiger partial charge on any atom is 0.315 e. The fourth-order valence-corrected chi connectivity index (χ4v) is 2.50. The number of nitrogens with one attached hydrogen (secondary N) is 2. The molecular formula is C13H26N2O2. The number of urea groups is 1. The lowest BCUT2D eigenvalue weighted by Crippen LogP contribution is -2.47. The average molecular weight is 242 g/mol. The molecule has 0 bridgehead atoms. The third kappa shape index (κ3) is 5.39. The molecule has 1 fully saturated rings. The Bertz CT molecular complexity index is 225. The van der Waals surface area contributed by atoms with Crippen LogP contribution in [0.2, 0.25) is 0 Å². The Labute approximate surface area is 104 Å². The maximum absolute atomic E-state index is 11.6. The lowest BCUT2D eigenvalue weighted by atomic mass is 9.83. The van der Waals surface area contributed by atoms with Crippen LogP contribution in [-0.2, 0) is 0 Å². The highest BCUT2D eigenvalue weighted by Gasteiger charge is 2.21. The van der Waals surface area contributed by atoms with Gasteiger partial charge in [-0.05, 0) is 38.5 Å². The third-order valence-electron chi connectivity index (χ3n) is 3.53. The first-order valence-electron chi connectivity index (χ1n) is 6.83. The fourth-order valence-electron chi connectivity index (χ4n) is 2.50. The minimum absolute atomic E-state index is 0.0172. The zero-order valence-electron chi connectivity index (χ0n) is 11.0. The van der Waals surface area contributed by atoms with Crippen LogP contribution in [0.1, 0.15) is 52.4 Å². The van der Waals surface area contributed by atoms with E-state index in [4.69, 9.17) is 5.11 Å². The predicted octanol–water partition coefficient (Wildman–Crippen LogP) is 2.03. The molecule has 0 aliphatic heterocycles. The van der Waals surface area contributed by atoms with Gasteiger partial charge in [0.25, 0.3) is 0 Å². The largest absolute Gasteiger partial charge is 0.394 e. The summed E-state index contributed by atoms with van der Waals surface area (Å²) in [6, 6.07) is -0.00841. The second-order valence-corrected chi connectivity index (χ2v) is 5.21. The van der Waals surface area contributed by atoms with Crippen molar-refractivity contribution >= 4 is 6.03 Å². The number of rotatable bonds is 5. The van der Waals surface area contributed by atoms with Crippen molar-refractivity contribution in [2.24, 2.45) is 5.92 Å². The molecule has 17 heavy (non-hydrogen) atoms. The van der Waals surface area contributed by atoms with Crippen LogP contribution in [0.3, 0.4) is 0 Å². The standard InChI is InChI=1S/C13H26N2O2/c1-3-4-11-5-7-12(8-6-11)15-13(17)14-10(2)9-16/h10-12,16H,3-9H2,1-2H3,(H2,14,15,17). The molecule has 1 atom stereocenters. The van der Waals surface area contributed by atoms with E-state index < -0.39 is 0 Å². The van der Waals surface area contributed by atoms with Crippen LogP contribution in [-0.4, -0.2) is 29.8 Å². The fraction of sp³-hybridized carbons (Fsp3) is 0.923. The first kappa shape index (κ1) is 14.3. The van der Waals surface area contributed by atoms with E-state index in [0.717, 1.165) is 18.8 Å². The first-order valence-corrected chi connectivity index (χ1v) is 6.83. The van der Waals surface area contributed by atoms with Crippen LogP contribution < -0.4 is 10.6 Å². The zero-order chi connectivity index (χ0) is 12.7. The van der Waals surface area contributed by atoms with Crippen molar-refractivity contribution < 1.29 is 9.90 Å². The minimum atomic E-state index is -0.175. The Balaban J connectivity index is 2.19. The summed E-state index contributed by atoms with van der Waals surface area (Å²) in [6.07, 6.45) is 7.22. The van der Waals surface area contributed by atoms with E-state index >= 15 is 0 Å². The SMILES string of the molecule is CCCC1CCC(NC(=O)NC(C)CO)CC1. The van der Waals surface area contributed by atoms with E-state index in [0.29, 0.717) is 6.04 Å². The first-order chi connectivity index (χ1) is 8.15. The van der Waals surface area contributed by atoms with E-state index in [1.807, 2.05) is 0 Å². The number of aliphatic hydroxyl groups excluding tert-OH is 1. The third-order valence-corrected chi connectivity index (χ3v) is 3.53. The number of carbonyl (C=O) groups excluding carboxylic acids is 1. The maximum atomic E-state index is 11.6. The number of hydrogen-bond donors (Lipinski definition) is 3. The quantitative estimate of drug-likeness (QED) is 0.690. The van der Waals surface area contributed by atoms with Crippen molar-refractivity contribution in [2.45, 2.75) is 64.5 Å². The summed E-state index contributed by atoms with van der Waals surface area (Å²) in [7, 11) is 0. The van der Waals surface area contributed by atoms with Gasteiger partial charge >= 0.3 is 6.03 Å². The Morgan fingerprint density at radius 3 is 2.53 bits per heavy atom. The summed E-state index contributed by atoms with van der Waals surface area (Å²) in [5.74, 6) is 0.859. The summed E-state index contributed by atoms with van der Waals surface area (Å²) in [4.78, 5) is 11.6. The molecule has 1 aliphatic rings. The van der Waals surface area contributed by atoms with E-state index in [9.17, 15) is 4.79 Å².